The fraction of sp³-hybridized carbons (Fsp3) is 0.412. The number of ether oxygens (including phenoxy) is 1. The van der Waals surface area contributed by atoms with Crippen LogP contribution in [0.3, 0.4) is 0 Å². The van der Waals surface area contributed by atoms with Crippen molar-refractivity contribution in [3.05, 3.63) is 39.0 Å². The van der Waals surface area contributed by atoms with Gasteiger partial charge in [0, 0.05) is 36.2 Å². The van der Waals surface area contributed by atoms with Gasteiger partial charge in [-0.2, -0.15) is 0 Å². The molecule has 25 heavy (non-hydrogen) atoms. The summed E-state index contributed by atoms with van der Waals surface area (Å²) in [5.41, 5.74) is 0.386. The standard InChI is InChI=1S/C17H18BrFN2O2S2/c18-13-3-2-12(14(19)11-13)10-15-16(22)21(17(24)25-15)5-1-4-20-6-8-23-9-7-20/h2-3,10-11H,1,4-9H2. The molecule has 0 unspecified atom stereocenters. The van der Waals surface area contributed by atoms with Gasteiger partial charge in [0.25, 0.3) is 5.91 Å². The highest BCUT2D eigenvalue weighted by atomic mass is 79.9. The van der Waals surface area contributed by atoms with Crippen molar-refractivity contribution < 1.29 is 13.9 Å². The third kappa shape index (κ3) is 4.89. The van der Waals surface area contributed by atoms with E-state index in [2.05, 4.69) is 20.8 Å². The van der Waals surface area contributed by atoms with Crippen molar-refractivity contribution in [2.45, 2.75) is 6.42 Å². The number of thiocarbonyl (C=S) groups is 1. The monoisotopic (exact) mass is 444 g/mol. The van der Waals surface area contributed by atoms with Gasteiger partial charge in [-0.25, -0.2) is 4.39 Å². The van der Waals surface area contributed by atoms with Gasteiger partial charge in [-0.3, -0.25) is 14.6 Å². The van der Waals surface area contributed by atoms with E-state index < -0.39 is 0 Å². The second-order valence-electron chi connectivity index (χ2n) is 5.81. The molecule has 1 amide bonds. The molecule has 0 N–H and O–H groups in total. The van der Waals surface area contributed by atoms with Crippen molar-refractivity contribution in [2.75, 3.05) is 39.4 Å². The summed E-state index contributed by atoms with van der Waals surface area (Å²) in [6, 6.07) is 4.78. The Morgan fingerprint density at radius 1 is 1.32 bits per heavy atom. The largest absolute Gasteiger partial charge is 0.379 e. The van der Waals surface area contributed by atoms with Gasteiger partial charge >= 0.3 is 0 Å². The van der Waals surface area contributed by atoms with Crippen LogP contribution in [0.5, 0.6) is 0 Å². The zero-order valence-electron chi connectivity index (χ0n) is 13.5. The number of hydrogen-bond donors (Lipinski definition) is 0. The third-order valence-electron chi connectivity index (χ3n) is 4.08. The summed E-state index contributed by atoms with van der Waals surface area (Å²) in [6.07, 6.45) is 2.43. The van der Waals surface area contributed by atoms with Gasteiger partial charge in [0.05, 0.1) is 18.1 Å². The number of benzene rings is 1. The molecule has 1 aromatic rings. The molecule has 8 heteroatoms. The fourth-order valence-electron chi connectivity index (χ4n) is 2.73. The lowest BCUT2D eigenvalue weighted by atomic mass is 10.2. The topological polar surface area (TPSA) is 32.8 Å². The number of halogens is 2. The van der Waals surface area contributed by atoms with E-state index in [1.807, 2.05) is 0 Å². The van der Waals surface area contributed by atoms with Gasteiger partial charge in [0.15, 0.2) is 0 Å². The van der Waals surface area contributed by atoms with E-state index in [4.69, 9.17) is 17.0 Å². The Kier molecular flexibility index (Phi) is 6.62. The van der Waals surface area contributed by atoms with E-state index >= 15 is 0 Å². The van der Waals surface area contributed by atoms with Gasteiger partial charge in [-0.05, 0) is 24.6 Å². The van der Waals surface area contributed by atoms with Gasteiger partial charge < -0.3 is 4.74 Å². The summed E-state index contributed by atoms with van der Waals surface area (Å²) in [5, 5.41) is 0. The Morgan fingerprint density at radius 2 is 2.08 bits per heavy atom. The lowest BCUT2D eigenvalue weighted by Gasteiger charge is -2.27. The maximum atomic E-state index is 14.0. The highest BCUT2D eigenvalue weighted by Crippen LogP contribution is 2.33. The second kappa shape index (κ2) is 8.73. The molecule has 0 radical (unpaired) electrons. The van der Waals surface area contributed by atoms with Crippen LogP contribution in [-0.4, -0.2) is 59.4 Å². The minimum Gasteiger partial charge on any atom is -0.379 e. The Hall–Kier alpha value is -0.800. The minimum absolute atomic E-state index is 0.140. The lowest BCUT2D eigenvalue weighted by Crippen LogP contribution is -2.38. The quantitative estimate of drug-likeness (QED) is 0.512. The number of carbonyl (C=O) groups excluding carboxylic acids is 1. The Bertz CT molecular complexity index is 708. The van der Waals surface area contributed by atoms with Crippen molar-refractivity contribution in [1.82, 2.24) is 9.80 Å². The maximum absolute atomic E-state index is 14.0. The summed E-state index contributed by atoms with van der Waals surface area (Å²) in [4.78, 5) is 17.0. The lowest BCUT2D eigenvalue weighted by molar-refractivity contribution is -0.122. The molecule has 2 aliphatic rings. The first-order chi connectivity index (χ1) is 12.0. The number of morpholine rings is 1. The number of amides is 1. The van der Waals surface area contributed by atoms with Gasteiger partial charge in [0.1, 0.15) is 10.1 Å². The van der Waals surface area contributed by atoms with Crippen LogP contribution in [-0.2, 0) is 9.53 Å². The Balaban J connectivity index is 1.60. The molecule has 0 bridgehead atoms. The van der Waals surface area contributed by atoms with Crippen LogP contribution in [0.15, 0.2) is 27.6 Å². The first-order valence-electron chi connectivity index (χ1n) is 8.05. The van der Waals surface area contributed by atoms with E-state index in [1.165, 1.54) is 17.8 Å². The van der Waals surface area contributed by atoms with Crippen molar-refractivity contribution in [3.8, 4) is 0 Å². The molecule has 2 heterocycles. The average molecular weight is 445 g/mol. The molecule has 4 nitrogen and oxygen atoms in total. The Morgan fingerprint density at radius 3 is 2.80 bits per heavy atom. The minimum atomic E-state index is -0.369. The number of nitrogens with zero attached hydrogens (tertiary/aromatic N) is 2. The highest BCUT2D eigenvalue weighted by Gasteiger charge is 2.31. The van der Waals surface area contributed by atoms with E-state index in [0.29, 0.717) is 25.8 Å². The van der Waals surface area contributed by atoms with E-state index in [0.717, 1.165) is 39.3 Å². The molecule has 134 valence electrons. The van der Waals surface area contributed by atoms with Crippen LogP contribution in [0, 0.1) is 5.82 Å². The number of thioether (sulfide) groups is 1. The van der Waals surface area contributed by atoms with Crippen LogP contribution < -0.4 is 0 Å². The zero-order valence-corrected chi connectivity index (χ0v) is 16.8. The molecule has 0 saturated carbocycles. The van der Waals surface area contributed by atoms with Crippen molar-refractivity contribution >= 4 is 56.2 Å². The molecule has 0 spiro atoms. The van der Waals surface area contributed by atoms with Crippen LogP contribution >= 0.6 is 39.9 Å². The van der Waals surface area contributed by atoms with E-state index in [-0.39, 0.29) is 11.7 Å². The van der Waals surface area contributed by atoms with Crippen molar-refractivity contribution in [3.63, 3.8) is 0 Å². The normalized spacial score (nSPS) is 20.7. The molecule has 0 aliphatic carbocycles. The predicted octanol–water partition coefficient (Wildman–Crippen LogP) is 3.51. The van der Waals surface area contributed by atoms with Gasteiger partial charge in [0.2, 0.25) is 0 Å². The average Bonchev–Trinajstić information content (AvgIpc) is 2.86. The summed E-state index contributed by atoms with van der Waals surface area (Å²) in [7, 11) is 0. The number of carbonyl (C=O) groups is 1. The van der Waals surface area contributed by atoms with Crippen LogP contribution in [0.25, 0.3) is 6.08 Å². The third-order valence-corrected chi connectivity index (χ3v) is 5.95. The molecule has 2 saturated heterocycles. The predicted molar refractivity (Wildman–Crippen MR) is 106 cm³/mol. The molecule has 3 rings (SSSR count). The molecular weight excluding hydrogens is 427 g/mol. The second-order valence-corrected chi connectivity index (χ2v) is 8.40. The molecule has 0 aromatic heterocycles. The molecule has 2 fully saturated rings. The van der Waals surface area contributed by atoms with E-state index in [1.54, 1.807) is 23.1 Å². The van der Waals surface area contributed by atoms with Gasteiger partial charge in [-0.1, -0.05) is 46.0 Å². The SMILES string of the molecule is O=C1C(=Cc2ccc(Br)cc2F)SC(=S)N1CCCN1CCOCC1. The summed E-state index contributed by atoms with van der Waals surface area (Å²) >= 11 is 9.79. The first kappa shape index (κ1) is 19.0. The smallest absolute Gasteiger partial charge is 0.266 e. The fourth-order valence-corrected chi connectivity index (χ4v) is 4.36. The van der Waals surface area contributed by atoms with Crippen molar-refractivity contribution in [1.29, 1.82) is 0 Å². The number of hydrogen-bond acceptors (Lipinski definition) is 5. The molecule has 2 aliphatic heterocycles. The molecule has 0 atom stereocenters. The summed E-state index contributed by atoms with van der Waals surface area (Å²) in [6.45, 7) is 4.90. The summed E-state index contributed by atoms with van der Waals surface area (Å²) < 4.78 is 20.5. The first-order valence-corrected chi connectivity index (χ1v) is 10.1. The highest BCUT2D eigenvalue weighted by molar-refractivity contribution is 9.10. The molecular formula is C17H18BrFN2O2S2. The van der Waals surface area contributed by atoms with Gasteiger partial charge in [-0.15, -0.1) is 0 Å². The van der Waals surface area contributed by atoms with Crippen molar-refractivity contribution in [2.24, 2.45) is 0 Å². The van der Waals surface area contributed by atoms with Crippen LogP contribution in [0.4, 0.5) is 4.39 Å². The van der Waals surface area contributed by atoms with Crippen LogP contribution in [0.2, 0.25) is 0 Å². The summed E-state index contributed by atoms with van der Waals surface area (Å²) in [5.74, 6) is -0.508. The van der Waals surface area contributed by atoms with E-state index in [9.17, 15) is 9.18 Å². The van der Waals surface area contributed by atoms with Crippen LogP contribution in [0.1, 0.15) is 12.0 Å². The number of rotatable bonds is 5. The Labute approximate surface area is 164 Å². The molecule has 1 aromatic carbocycles. The maximum Gasteiger partial charge on any atom is 0.266 e. The zero-order chi connectivity index (χ0) is 17.8.